The molecule has 0 bridgehead atoms. The van der Waals surface area contributed by atoms with Gasteiger partial charge in [0, 0.05) is 3.57 Å². The molecule has 1 N–H and O–H groups in total. The lowest BCUT2D eigenvalue weighted by molar-refractivity contribution is 0.0939. The van der Waals surface area contributed by atoms with E-state index in [0.717, 1.165) is 5.56 Å². The van der Waals surface area contributed by atoms with E-state index in [2.05, 4.69) is 5.32 Å². The Morgan fingerprint density at radius 1 is 1.20 bits per heavy atom. The SMILES string of the molecule is Cc1ccc(C(C)NC(=O)c2ccc(F)cc2I)cc1. The minimum absolute atomic E-state index is 0.0936. The lowest BCUT2D eigenvalue weighted by atomic mass is 10.1. The van der Waals surface area contributed by atoms with Gasteiger partial charge >= 0.3 is 0 Å². The van der Waals surface area contributed by atoms with Crippen LogP contribution in [-0.2, 0) is 0 Å². The Morgan fingerprint density at radius 3 is 2.45 bits per heavy atom. The lowest BCUT2D eigenvalue weighted by Crippen LogP contribution is -2.27. The summed E-state index contributed by atoms with van der Waals surface area (Å²) in [5.41, 5.74) is 2.72. The first kappa shape index (κ1) is 15.0. The number of benzene rings is 2. The molecule has 1 unspecified atom stereocenters. The molecule has 2 nitrogen and oxygen atoms in total. The van der Waals surface area contributed by atoms with Gasteiger partial charge in [-0.05, 0) is 60.2 Å². The van der Waals surface area contributed by atoms with Gasteiger partial charge in [-0.2, -0.15) is 0 Å². The number of hydrogen-bond acceptors (Lipinski definition) is 1. The predicted molar refractivity (Wildman–Crippen MR) is 86.2 cm³/mol. The van der Waals surface area contributed by atoms with Crippen molar-refractivity contribution in [2.75, 3.05) is 0 Å². The van der Waals surface area contributed by atoms with Gasteiger partial charge in [0.25, 0.3) is 5.91 Å². The van der Waals surface area contributed by atoms with Crippen molar-refractivity contribution in [1.82, 2.24) is 5.32 Å². The minimum atomic E-state index is -0.336. The molecule has 1 atom stereocenters. The highest BCUT2D eigenvalue weighted by molar-refractivity contribution is 14.1. The summed E-state index contributed by atoms with van der Waals surface area (Å²) in [6.45, 7) is 3.95. The second-order valence-corrected chi connectivity index (χ2v) is 5.89. The summed E-state index contributed by atoms with van der Waals surface area (Å²) in [6, 6.07) is 12.1. The normalized spacial score (nSPS) is 12.0. The highest BCUT2D eigenvalue weighted by atomic mass is 127. The lowest BCUT2D eigenvalue weighted by Gasteiger charge is -2.15. The molecule has 1 amide bonds. The first-order chi connectivity index (χ1) is 9.47. The van der Waals surface area contributed by atoms with Crippen molar-refractivity contribution in [1.29, 1.82) is 0 Å². The second kappa shape index (κ2) is 6.35. The number of amides is 1. The molecule has 0 spiro atoms. The van der Waals surface area contributed by atoms with Crippen molar-refractivity contribution in [2.45, 2.75) is 19.9 Å². The van der Waals surface area contributed by atoms with Gasteiger partial charge in [0.2, 0.25) is 0 Å². The highest BCUT2D eigenvalue weighted by Gasteiger charge is 2.14. The first-order valence-electron chi connectivity index (χ1n) is 6.30. The van der Waals surface area contributed by atoms with Crippen molar-refractivity contribution >= 4 is 28.5 Å². The summed E-state index contributed by atoms with van der Waals surface area (Å²) in [5.74, 6) is -0.528. The Labute approximate surface area is 131 Å². The van der Waals surface area contributed by atoms with E-state index in [0.29, 0.717) is 9.13 Å². The Morgan fingerprint density at radius 2 is 1.85 bits per heavy atom. The summed E-state index contributed by atoms with van der Waals surface area (Å²) >= 11 is 1.97. The molecule has 2 rings (SSSR count). The average molecular weight is 383 g/mol. The largest absolute Gasteiger partial charge is 0.345 e. The van der Waals surface area contributed by atoms with Crippen molar-refractivity contribution in [3.63, 3.8) is 0 Å². The van der Waals surface area contributed by atoms with Crippen molar-refractivity contribution < 1.29 is 9.18 Å². The number of carbonyl (C=O) groups is 1. The van der Waals surface area contributed by atoms with E-state index in [4.69, 9.17) is 0 Å². The fraction of sp³-hybridized carbons (Fsp3) is 0.188. The van der Waals surface area contributed by atoms with Crippen LogP contribution in [0.3, 0.4) is 0 Å². The number of carbonyl (C=O) groups excluding carboxylic acids is 1. The van der Waals surface area contributed by atoms with E-state index in [1.165, 1.54) is 23.8 Å². The van der Waals surface area contributed by atoms with Crippen LogP contribution in [0.15, 0.2) is 42.5 Å². The molecule has 0 saturated carbocycles. The van der Waals surface area contributed by atoms with Crippen molar-refractivity contribution in [2.24, 2.45) is 0 Å². The molecule has 0 aromatic heterocycles. The van der Waals surface area contributed by atoms with Gasteiger partial charge in [0.05, 0.1) is 11.6 Å². The van der Waals surface area contributed by atoms with Gasteiger partial charge in [-0.15, -0.1) is 0 Å². The number of rotatable bonds is 3. The number of aryl methyl sites for hydroxylation is 1. The Balaban J connectivity index is 2.13. The molecule has 20 heavy (non-hydrogen) atoms. The van der Waals surface area contributed by atoms with Crippen LogP contribution >= 0.6 is 22.6 Å². The monoisotopic (exact) mass is 383 g/mol. The summed E-state index contributed by atoms with van der Waals surface area (Å²) < 4.78 is 13.6. The standard InChI is InChI=1S/C16H15FINO/c1-10-3-5-12(6-4-10)11(2)19-16(20)14-8-7-13(17)9-15(14)18/h3-9,11H,1-2H3,(H,19,20). The third kappa shape index (κ3) is 3.56. The van der Waals surface area contributed by atoms with E-state index < -0.39 is 0 Å². The maximum absolute atomic E-state index is 13.0. The minimum Gasteiger partial charge on any atom is -0.345 e. The molecule has 0 fully saturated rings. The van der Waals surface area contributed by atoms with Gasteiger partial charge in [-0.25, -0.2) is 4.39 Å². The van der Waals surface area contributed by atoms with Gasteiger partial charge < -0.3 is 5.32 Å². The molecule has 2 aromatic rings. The Hall–Kier alpha value is -1.43. The number of nitrogens with one attached hydrogen (secondary N) is 1. The summed E-state index contributed by atoms with van der Waals surface area (Å²) in [6.07, 6.45) is 0. The topological polar surface area (TPSA) is 29.1 Å². The molecule has 4 heteroatoms. The zero-order valence-corrected chi connectivity index (χ0v) is 13.4. The third-order valence-electron chi connectivity index (χ3n) is 3.10. The van der Waals surface area contributed by atoms with Crippen LogP contribution in [0.5, 0.6) is 0 Å². The maximum atomic E-state index is 13.0. The summed E-state index contributed by atoms with van der Waals surface area (Å²) in [4.78, 5) is 12.2. The fourth-order valence-corrected chi connectivity index (χ4v) is 2.61. The van der Waals surface area contributed by atoms with E-state index in [1.807, 2.05) is 60.7 Å². The molecule has 0 heterocycles. The molecule has 0 aliphatic heterocycles. The average Bonchev–Trinajstić information content (AvgIpc) is 2.39. The molecular weight excluding hydrogens is 368 g/mol. The Kier molecular flexibility index (Phi) is 4.75. The van der Waals surface area contributed by atoms with E-state index in [1.54, 1.807) is 0 Å². The highest BCUT2D eigenvalue weighted by Crippen LogP contribution is 2.17. The van der Waals surface area contributed by atoms with Gasteiger partial charge in [-0.3, -0.25) is 4.79 Å². The van der Waals surface area contributed by atoms with Crippen LogP contribution in [-0.4, -0.2) is 5.91 Å². The van der Waals surface area contributed by atoms with Crippen LogP contribution < -0.4 is 5.32 Å². The zero-order chi connectivity index (χ0) is 14.7. The van der Waals surface area contributed by atoms with Crippen LogP contribution in [0.25, 0.3) is 0 Å². The first-order valence-corrected chi connectivity index (χ1v) is 7.37. The summed E-state index contributed by atoms with van der Waals surface area (Å²) in [7, 11) is 0. The number of halogens is 2. The predicted octanol–water partition coefficient (Wildman–Crippen LogP) is 4.23. The third-order valence-corrected chi connectivity index (χ3v) is 3.99. The summed E-state index contributed by atoms with van der Waals surface area (Å²) in [5, 5.41) is 2.93. The smallest absolute Gasteiger partial charge is 0.252 e. The second-order valence-electron chi connectivity index (χ2n) is 4.73. The molecule has 0 aliphatic carbocycles. The van der Waals surface area contributed by atoms with Crippen molar-refractivity contribution in [3.05, 3.63) is 68.5 Å². The molecule has 0 saturated heterocycles. The van der Waals surface area contributed by atoms with Gasteiger partial charge in [-0.1, -0.05) is 29.8 Å². The molecule has 0 radical (unpaired) electrons. The molecule has 104 valence electrons. The Bertz CT molecular complexity index is 625. The van der Waals surface area contributed by atoms with E-state index >= 15 is 0 Å². The van der Waals surface area contributed by atoms with Crippen LogP contribution in [0.4, 0.5) is 4.39 Å². The van der Waals surface area contributed by atoms with E-state index in [-0.39, 0.29) is 17.8 Å². The quantitative estimate of drug-likeness (QED) is 0.790. The molecule has 2 aromatic carbocycles. The van der Waals surface area contributed by atoms with E-state index in [9.17, 15) is 9.18 Å². The van der Waals surface area contributed by atoms with Crippen LogP contribution in [0.1, 0.15) is 34.5 Å². The van der Waals surface area contributed by atoms with Crippen molar-refractivity contribution in [3.8, 4) is 0 Å². The molecular formula is C16H15FINO. The van der Waals surface area contributed by atoms with Crippen LogP contribution in [0, 0.1) is 16.3 Å². The van der Waals surface area contributed by atoms with Gasteiger partial charge in [0.15, 0.2) is 0 Å². The van der Waals surface area contributed by atoms with Crippen LogP contribution in [0.2, 0.25) is 0 Å². The zero-order valence-electron chi connectivity index (χ0n) is 11.3. The number of hydrogen-bond donors (Lipinski definition) is 1. The maximum Gasteiger partial charge on any atom is 0.252 e. The fourth-order valence-electron chi connectivity index (χ4n) is 1.89. The molecule has 0 aliphatic rings. The van der Waals surface area contributed by atoms with Gasteiger partial charge in [0.1, 0.15) is 5.82 Å².